The van der Waals surface area contributed by atoms with Crippen molar-refractivity contribution in [2.45, 2.75) is 16.2 Å². The van der Waals surface area contributed by atoms with Crippen molar-refractivity contribution in [2.75, 3.05) is 26.4 Å². The molecule has 0 aliphatic carbocycles. The number of rotatable bonds is 8. The largest absolute Gasteiger partial charge is 0.352 e. The number of sulfonamides is 1. The molecule has 8 heteroatoms. The number of benzene rings is 2. The zero-order valence-electron chi connectivity index (χ0n) is 14.6. The summed E-state index contributed by atoms with van der Waals surface area (Å²) < 4.78 is 26.2. The van der Waals surface area contributed by atoms with Crippen LogP contribution in [0.3, 0.4) is 0 Å². The van der Waals surface area contributed by atoms with Crippen LogP contribution < -0.4 is 5.32 Å². The van der Waals surface area contributed by atoms with E-state index in [0.717, 1.165) is 16.5 Å². The van der Waals surface area contributed by atoms with Crippen LogP contribution in [0.15, 0.2) is 62.8 Å². The van der Waals surface area contributed by atoms with Gasteiger partial charge in [0.15, 0.2) is 0 Å². The summed E-state index contributed by atoms with van der Waals surface area (Å²) in [6, 6.07) is 14.7. The van der Waals surface area contributed by atoms with E-state index in [1.165, 1.54) is 25.1 Å². The molecule has 2 rings (SSSR count). The van der Waals surface area contributed by atoms with Gasteiger partial charge in [0.05, 0.1) is 4.90 Å². The van der Waals surface area contributed by atoms with Gasteiger partial charge in [-0.2, -0.15) is 0 Å². The van der Waals surface area contributed by atoms with Gasteiger partial charge in [-0.1, -0.05) is 18.2 Å². The number of carbonyl (C=O) groups excluding carboxylic acids is 1. The van der Waals surface area contributed by atoms with E-state index in [-0.39, 0.29) is 10.8 Å². The van der Waals surface area contributed by atoms with E-state index >= 15 is 0 Å². The van der Waals surface area contributed by atoms with E-state index in [1.807, 2.05) is 18.2 Å². The van der Waals surface area contributed by atoms with E-state index in [4.69, 9.17) is 0 Å². The van der Waals surface area contributed by atoms with Gasteiger partial charge in [-0.05, 0) is 58.4 Å². The Morgan fingerprint density at radius 2 is 1.85 bits per heavy atom. The Morgan fingerprint density at radius 3 is 2.50 bits per heavy atom. The minimum absolute atomic E-state index is 0.0785. The summed E-state index contributed by atoms with van der Waals surface area (Å²) in [4.78, 5) is 13.6. The van der Waals surface area contributed by atoms with Crippen molar-refractivity contribution in [2.24, 2.45) is 0 Å². The molecule has 2 aromatic carbocycles. The first-order valence-corrected chi connectivity index (χ1v) is 11.2. The number of nitrogens with one attached hydrogen (secondary N) is 1. The van der Waals surface area contributed by atoms with Gasteiger partial charge in [-0.15, -0.1) is 11.8 Å². The molecule has 0 aromatic heterocycles. The fourth-order valence-electron chi connectivity index (χ4n) is 2.12. The standard InChI is InChI=1S/C18H21BrN2O3S2/c1-21(2)26(23,24)17-13-14(9-10-16(17)19)18(22)20-11-6-12-25-15-7-4-3-5-8-15/h3-5,7-10,13H,6,11-12H2,1-2H3,(H,20,22). The Morgan fingerprint density at radius 1 is 1.15 bits per heavy atom. The number of carbonyl (C=O) groups is 1. The van der Waals surface area contributed by atoms with Crippen LogP contribution in [0.25, 0.3) is 0 Å². The highest BCUT2D eigenvalue weighted by Crippen LogP contribution is 2.25. The van der Waals surface area contributed by atoms with Crippen LogP contribution >= 0.6 is 27.7 Å². The van der Waals surface area contributed by atoms with Crippen molar-refractivity contribution in [1.29, 1.82) is 0 Å². The quantitative estimate of drug-likeness (QED) is 0.486. The van der Waals surface area contributed by atoms with Gasteiger partial charge in [-0.3, -0.25) is 4.79 Å². The summed E-state index contributed by atoms with van der Waals surface area (Å²) >= 11 is 4.98. The summed E-state index contributed by atoms with van der Waals surface area (Å²) in [7, 11) is -0.706. The molecule has 0 atom stereocenters. The summed E-state index contributed by atoms with van der Waals surface area (Å²) in [6.07, 6.45) is 0.824. The van der Waals surface area contributed by atoms with Crippen LogP contribution in [-0.2, 0) is 10.0 Å². The highest BCUT2D eigenvalue weighted by Gasteiger charge is 2.22. The third kappa shape index (κ3) is 5.57. The Labute approximate surface area is 167 Å². The van der Waals surface area contributed by atoms with Gasteiger partial charge in [0.2, 0.25) is 10.0 Å². The van der Waals surface area contributed by atoms with Gasteiger partial charge in [0.1, 0.15) is 0 Å². The van der Waals surface area contributed by atoms with Gasteiger partial charge in [0.25, 0.3) is 5.91 Å². The second-order valence-corrected chi connectivity index (χ2v) is 9.85. The van der Waals surface area contributed by atoms with Gasteiger partial charge in [-0.25, -0.2) is 12.7 Å². The molecule has 5 nitrogen and oxygen atoms in total. The maximum Gasteiger partial charge on any atom is 0.251 e. The average molecular weight is 457 g/mol. The van der Waals surface area contributed by atoms with Gasteiger partial charge in [0, 0.05) is 35.6 Å². The van der Waals surface area contributed by atoms with Gasteiger partial charge < -0.3 is 5.32 Å². The zero-order chi connectivity index (χ0) is 19.2. The average Bonchev–Trinajstić information content (AvgIpc) is 2.62. The molecule has 0 saturated heterocycles. The maximum absolute atomic E-state index is 12.3. The first-order chi connectivity index (χ1) is 12.3. The second kappa shape index (κ2) is 9.55. The molecule has 0 radical (unpaired) electrons. The molecule has 2 aromatic rings. The minimum Gasteiger partial charge on any atom is -0.352 e. The van der Waals surface area contributed by atoms with E-state index in [1.54, 1.807) is 23.9 Å². The normalized spacial score (nSPS) is 11.5. The molecular weight excluding hydrogens is 436 g/mol. The summed E-state index contributed by atoms with van der Waals surface area (Å²) in [5, 5.41) is 2.84. The summed E-state index contributed by atoms with van der Waals surface area (Å²) in [5.74, 6) is 0.614. The molecule has 0 aliphatic rings. The van der Waals surface area contributed by atoms with E-state index < -0.39 is 10.0 Å². The molecule has 1 N–H and O–H groups in total. The monoisotopic (exact) mass is 456 g/mol. The Balaban J connectivity index is 1.91. The fourth-order valence-corrected chi connectivity index (χ4v) is 4.84. The van der Waals surface area contributed by atoms with Crippen LogP contribution in [0.5, 0.6) is 0 Å². The smallest absolute Gasteiger partial charge is 0.251 e. The maximum atomic E-state index is 12.3. The number of halogens is 1. The lowest BCUT2D eigenvalue weighted by molar-refractivity contribution is 0.0953. The van der Waals surface area contributed by atoms with Crippen molar-refractivity contribution in [3.63, 3.8) is 0 Å². The van der Waals surface area contributed by atoms with Crippen molar-refractivity contribution in [3.05, 3.63) is 58.6 Å². The molecule has 0 unspecified atom stereocenters. The predicted molar refractivity (Wildman–Crippen MR) is 109 cm³/mol. The topological polar surface area (TPSA) is 66.5 Å². The number of thioether (sulfide) groups is 1. The van der Waals surface area contributed by atoms with Crippen LogP contribution in [0.1, 0.15) is 16.8 Å². The second-order valence-electron chi connectivity index (χ2n) is 5.70. The number of hydrogen-bond acceptors (Lipinski definition) is 4. The number of nitrogens with zero attached hydrogens (tertiary/aromatic N) is 1. The highest BCUT2D eigenvalue weighted by atomic mass is 79.9. The zero-order valence-corrected chi connectivity index (χ0v) is 17.8. The van der Waals surface area contributed by atoms with E-state index in [9.17, 15) is 13.2 Å². The first-order valence-electron chi connectivity index (χ1n) is 8.00. The molecule has 0 bridgehead atoms. The summed E-state index contributed by atoms with van der Waals surface area (Å²) in [5.41, 5.74) is 0.323. The van der Waals surface area contributed by atoms with Crippen molar-refractivity contribution < 1.29 is 13.2 Å². The first kappa shape index (κ1) is 21.0. The molecular formula is C18H21BrN2O3S2. The van der Waals surface area contributed by atoms with E-state index in [2.05, 4.69) is 33.4 Å². The highest BCUT2D eigenvalue weighted by molar-refractivity contribution is 9.10. The molecule has 0 spiro atoms. The molecule has 1 amide bonds. The number of amides is 1. The predicted octanol–water partition coefficient (Wildman–Crippen LogP) is 3.61. The molecule has 140 valence electrons. The van der Waals surface area contributed by atoms with Crippen molar-refractivity contribution in [1.82, 2.24) is 9.62 Å². The molecule has 0 heterocycles. The molecule has 26 heavy (non-hydrogen) atoms. The SMILES string of the molecule is CN(C)S(=O)(=O)c1cc(C(=O)NCCCSc2ccccc2)ccc1Br. The van der Waals surface area contributed by atoms with Crippen LogP contribution in [0.2, 0.25) is 0 Å². The Hall–Kier alpha value is -1.35. The lowest BCUT2D eigenvalue weighted by Gasteiger charge is -2.14. The summed E-state index contributed by atoms with van der Waals surface area (Å²) in [6.45, 7) is 0.532. The molecule has 0 saturated carbocycles. The molecule has 0 aliphatic heterocycles. The third-order valence-electron chi connectivity index (χ3n) is 3.57. The van der Waals surface area contributed by atoms with Crippen molar-refractivity contribution >= 4 is 43.6 Å². The van der Waals surface area contributed by atoms with Gasteiger partial charge >= 0.3 is 0 Å². The lowest BCUT2D eigenvalue weighted by Crippen LogP contribution is -2.26. The molecule has 0 fully saturated rings. The fraction of sp³-hybridized carbons (Fsp3) is 0.278. The lowest BCUT2D eigenvalue weighted by atomic mass is 10.2. The van der Waals surface area contributed by atoms with Crippen molar-refractivity contribution in [3.8, 4) is 0 Å². The van der Waals surface area contributed by atoms with E-state index in [0.29, 0.717) is 16.6 Å². The number of hydrogen-bond donors (Lipinski definition) is 1. The van der Waals surface area contributed by atoms with Crippen LogP contribution in [-0.4, -0.2) is 45.0 Å². The minimum atomic E-state index is -3.62. The third-order valence-corrected chi connectivity index (χ3v) is 7.48. The Bertz CT molecular complexity index is 856. The Kier molecular flexibility index (Phi) is 7.69. The van der Waals surface area contributed by atoms with Crippen LogP contribution in [0.4, 0.5) is 0 Å². The van der Waals surface area contributed by atoms with Crippen LogP contribution in [0, 0.1) is 0 Å².